The van der Waals surface area contributed by atoms with Crippen LogP contribution in [0.2, 0.25) is 5.02 Å². The molecule has 0 aliphatic carbocycles. The molecule has 0 aliphatic rings. The number of carbonyl (C=O) groups is 1. The van der Waals surface area contributed by atoms with Crippen LogP contribution in [0.3, 0.4) is 0 Å². The normalized spacial score (nSPS) is 11.7. The molecular formula is C18H15ClN2O6S3. The zero-order chi connectivity index (χ0) is 21.9. The summed E-state index contributed by atoms with van der Waals surface area (Å²) in [7, 11) is -6.99. The second-order valence-corrected chi connectivity index (χ2v) is 10.5. The monoisotopic (exact) mass is 486 g/mol. The van der Waals surface area contributed by atoms with Gasteiger partial charge in [0.25, 0.3) is 20.0 Å². The number of ether oxygens (including phenoxy) is 1. The maximum atomic E-state index is 12.7. The summed E-state index contributed by atoms with van der Waals surface area (Å²) in [5, 5.41) is 1.90. The molecule has 158 valence electrons. The molecule has 0 amide bonds. The largest absolute Gasteiger partial charge is 0.465 e. The third-order valence-corrected chi connectivity index (χ3v) is 7.86. The van der Waals surface area contributed by atoms with Crippen molar-refractivity contribution >= 4 is 60.3 Å². The lowest BCUT2D eigenvalue weighted by atomic mass is 10.3. The van der Waals surface area contributed by atoms with Crippen molar-refractivity contribution in [1.29, 1.82) is 0 Å². The molecule has 0 radical (unpaired) electrons. The molecule has 0 spiro atoms. The first-order valence-corrected chi connectivity index (χ1v) is 12.4. The van der Waals surface area contributed by atoms with Crippen molar-refractivity contribution < 1.29 is 26.4 Å². The first-order chi connectivity index (χ1) is 14.1. The summed E-state index contributed by atoms with van der Waals surface area (Å²) in [6.45, 7) is 0. The summed E-state index contributed by atoms with van der Waals surface area (Å²) in [5.74, 6) is -0.783. The standard InChI is InChI=1S/C18H15ClN2O6S3/c1-27-18(22)17-16(9-10-28-17)30(25,26)21-14-3-2-4-15(11-14)29(23,24)20-13-7-5-12(19)6-8-13/h2-11,20-21H,1H3. The maximum absolute atomic E-state index is 12.7. The van der Waals surface area contributed by atoms with Crippen LogP contribution in [0.1, 0.15) is 9.67 Å². The molecule has 0 bridgehead atoms. The Bertz CT molecular complexity index is 1290. The van der Waals surface area contributed by atoms with E-state index in [-0.39, 0.29) is 20.4 Å². The number of nitrogens with one attached hydrogen (secondary N) is 2. The lowest BCUT2D eigenvalue weighted by molar-refractivity contribution is 0.0602. The van der Waals surface area contributed by atoms with Gasteiger partial charge in [0.2, 0.25) is 0 Å². The van der Waals surface area contributed by atoms with Crippen molar-refractivity contribution in [2.24, 2.45) is 0 Å². The number of carbonyl (C=O) groups excluding carboxylic acids is 1. The van der Waals surface area contributed by atoms with Gasteiger partial charge in [0.1, 0.15) is 9.77 Å². The Morgan fingerprint density at radius 1 is 0.933 bits per heavy atom. The van der Waals surface area contributed by atoms with Crippen molar-refractivity contribution in [3.8, 4) is 0 Å². The molecule has 12 heteroatoms. The highest BCUT2D eigenvalue weighted by molar-refractivity contribution is 7.93. The van der Waals surface area contributed by atoms with Gasteiger partial charge >= 0.3 is 5.97 Å². The Morgan fingerprint density at radius 3 is 2.27 bits per heavy atom. The average Bonchev–Trinajstić information content (AvgIpc) is 3.20. The second-order valence-electron chi connectivity index (χ2n) is 5.85. The third kappa shape index (κ3) is 4.93. The SMILES string of the molecule is COC(=O)c1sccc1S(=O)(=O)Nc1cccc(S(=O)(=O)Nc2ccc(Cl)cc2)c1. The smallest absolute Gasteiger partial charge is 0.349 e. The molecule has 0 atom stereocenters. The highest BCUT2D eigenvalue weighted by Crippen LogP contribution is 2.26. The first-order valence-electron chi connectivity index (χ1n) is 8.19. The summed E-state index contributed by atoms with van der Waals surface area (Å²) >= 11 is 6.71. The quantitative estimate of drug-likeness (QED) is 0.490. The van der Waals surface area contributed by atoms with Crippen molar-refractivity contribution in [1.82, 2.24) is 0 Å². The molecule has 0 aliphatic heterocycles. The van der Waals surface area contributed by atoms with Crippen LogP contribution < -0.4 is 9.44 Å². The Balaban J connectivity index is 1.87. The molecule has 2 aromatic carbocycles. The lowest BCUT2D eigenvalue weighted by Gasteiger charge is -2.11. The van der Waals surface area contributed by atoms with Gasteiger partial charge in [-0.1, -0.05) is 17.7 Å². The highest BCUT2D eigenvalue weighted by Gasteiger charge is 2.25. The number of anilines is 2. The molecule has 30 heavy (non-hydrogen) atoms. The number of esters is 1. The zero-order valence-electron chi connectivity index (χ0n) is 15.3. The van der Waals surface area contributed by atoms with Gasteiger partial charge in [-0.25, -0.2) is 21.6 Å². The van der Waals surface area contributed by atoms with Crippen LogP contribution in [0.15, 0.2) is 69.8 Å². The summed E-state index contributed by atoms with van der Waals surface area (Å²) in [6.07, 6.45) is 0. The van der Waals surface area contributed by atoms with Crippen LogP contribution in [0.4, 0.5) is 11.4 Å². The minimum absolute atomic E-state index is 0.0102. The molecule has 1 aromatic heterocycles. The van der Waals surface area contributed by atoms with E-state index in [1.165, 1.54) is 60.0 Å². The summed E-state index contributed by atoms with van der Waals surface area (Å²) in [5.41, 5.74) is 0.308. The van der Waals surface area contributed by atoms with Gasteiger partial charge in [-0.2, -0.15) is 0 Å². The number of halogens is 1. The Kier molecular flexibility index (Phi) is 6.36. The number of hydrogen-bond donors (Lipinski definition) is 2. The fraction of sp³-hybridized carbons (Fsp3) is 0.0556. The van der Waals surface area contributed by atoms with E-state index in [9.17, 15) is 21.6 Å². The van der Waals surface area contributed by atoms with Gasteiger partial charge in [0.05, 0.1) is 17.7 Å². The molecule has 0 unspecified atom stereocenters. The van der Waals surface area contributed by atoms with Crippen molar-refractivity contribution in [3.05, 3.63) is 69.9 Å². The number of hydrogen-bond acceptors (Lipinski definition) is 7. The van der Waals surface area contributed by atoms with E-state index in [4.69, 9.17) is 11.6 Å². The van der Waals surface area contributed by atoms with Crippen LogP contribution in [0.5, 0.6) is 0 Å². The Hall–Kier alpha value is -2.60. The number of benzene rings is 2. The third-order valence-electron chi connectivity index (χ3n) is 3.78. The molecule has 3 aromatic rings. The zero-order valence-corrected chi connectivity index (χ0v) is 18.5. The Morgan fingerprint density at radius 2 is 1.60 bits per heavy atom. The van der Waals surface area contributed by atoms with Gasteiger partial charge in [0.15, 0.2) is 0 Å². The molecule has 3 rings (SSSR count). The maximum Gasteiger partial charge on any atom is 0.349 e. The minimum Gasteiger partial charge on any atom is -0.465 e. The fourth-order valence-corrected chi connectivity index (χ4v) is 6.03. The van der Waals surface area contributed by atoms with E-state index in [1.807, 2.05) is 0 Å². The average molecular weight is 487 g/mol. The van der Waals surface area contributed by atoms with Crippen LogP contribution in [-0.2, 0) is 24.8 Å². The van der Waals surface area contributed by atoms with Crippen LogP contribution in [-0.4, -0.2) is 29.9 Å². The van der Waals surface area contributed by atoms with Gasteiger partial charge in [-0.3, -0.25) is 9.44 Å². The van der Waals surface area contributed by atoms with Gasteiger partial charge in [-0.05, 0) is 53.9 Å². The molecule has 2 N–H and O–H groups in total. The molecule has 8 nitrogen and oxygen atoms in total. The summed E-state index contributed by atoms with van der Waals surface area (Å²) < 4.78 is 59.9. The van der Waals surface area contributed by atoms with Gasteiger partial charge in [-0.15, -0.1) is 11.3 Å². The fourth-order valence-electron chi connectivity index (χ4n) is 2.42. The number of thiophene rings is 1. The minimum atomic E-state index is -4.15. The van der Waals surface area contributed by atoms with Crippen molar-refractivity contribution in [2.75, 3.05) is 16.6 Å². The predicted octanol–water partition coefficient (Wildman–Crippen LogP) is 3.79. The topological polar surface area (TPSA) is 119 Å². The molecule has 0 fully saturated rings. The van der Waals surface area contributed by atoms with Crippen LogP contribution in [0, 0.1) is 0 Å². The summed E-state index contributed by atoms with van der Waals surface area (Å²) in [4.78, 5) is 11.3. The van der Waals surface area contributed by atoms with Crippen LogP contribution >= 0.6 is 22.9 Å². The van der Waals surface area contributed by atoms with E-state index < -0.39 is 26.0 Å². The van der Waals surface area contributed by atoms with E-state index in [0.29, 0.717) is 10.7 Å². The van der Waals surface area contributed by atoms with E-state index in [2.05, 4.69) is 14.2 Å². The first kappa shape index (κ1) is 22.1. The number of methoxy groups -OCH3 is 1. The Labute approximate surface area is 182 Å². The van der Waals surface area contributed by atoms with Gasteiger partial charge < -0.3 is 4.74 Å². The highest BCUT2D eigenvalue weighted by atomic mass is 35.5. The van der Waals surface area contributed by atoms with Gasteiger partial charge in [0, 0.05) is 10.7 Å². The van der Waals surface area contributed by atoms with Crippen molar-refractivity contribution in [2.45, 2.75) is 9.79 Å². The molecular weight excluding hydrogens is 472 g/mol. The van der Waals surface area contributed by atoms with Crippen LogP contribution in [0.25, 0.3) is 0 Å². The number of rotatable bonds is 7. The molecule has 1 heterocycles. The van der Waals surface area contributed by atoms with E-state index >= 15 is 0 Å². The molecule has 0 saturated carbocycles. The van der Waals surface area contributed by atoms with E-state index in [1.54, 1.807) is 0 Å². The number of sulfonamides is 2. The van der Waals surface area contributed by atoms with Crippen molar-refractivity contribution in [3.63, 3.8) is 0 Å². The second kappa shape index (κ2) is 8.64. The van der Waals surface area contributed by atoms with E-state index in [0.717, 1.165) is 18.4 Å². The lowest BCUT2D eigenvalue weighted by Crippen LogP contribution is -2.17. The molecule has 0 saturated heterocycles. The summed E-state index contributed by atoms with van der Waals surface area (Å²) in [6, 6.07) is 12.6. The predicted molar refractivity (Wildman–Crippen MR) is 115 cm³/mol.